The minimum Gasteiger partial charge on any atom is -0.444 e. The van der Waals surface area contributed by atoms with Gasteiger partial charge in [-0.2, -0.15) is 0 Å². The number of likely N-dealkylation sites (tertiary alicyclic amines) is 1. The SMILES string of the molecule is CC(C)(C)OC(=O)NCC1CCCN(CCOCC2CCCO2)C1. The predicted molar refractivity (Wildman–Crippen MR) is 93.2 cm³/mol. The average molecular weight is 342 g/mol. The van der Waals surface area contributed by atoms with E-state index in [9.17, 15) is 4.79 Å². The molecule has 2 heterocycles. The van der Waals surface area contributed by atoms with Gasteiger partial charge in [0.05, 0.1) is 19.3 Å². The molecule has 2 saturated heterocycles. The topological polar surface area (TPSA) is 60.0 Å². The van der Waals surface area contributed by atoms with E-state index >= 15 is 0 Å². The molecule has 24 heavy (non-hydrogen) atoms. The van der Waals surface area contributed by atoms with Crippen LogP contribution in [0.15, 0.2) is 0 Å². The lowest BCUT2D eigenvalue weighted by Gasteiger charge is -2.33. The van der Waals surface area contributed by atoms with Crippen LogP contribution in [-0.2, 0) is 14.2 Å². The van der Waals surface area contributed by atoms with Gasteiger partial charge in [-0.25, -0.2) is 4.79 Å². The van der Waals surface area contributed by atoms with E-state index in [1.54, 1.807) is 0 Å². The number of rotatable bonds is 7. The van der Waals surface area contributed by atoms with Crippen LogP contribution in [0, 0.1) is 5.92 Å². The first-order valence-corrected chi connectivity index (χ1v) is 9.31. The fourth-order valence-corrected chi connectivity index (χ4v) is 3.25. The summed E-state index contributed by atoms with van der Waals surface area (Å²) in [5, 5.41) is 2.90. The predicted octanol–water partition coefficient (Wildman–Crippen LogP) is 2.42. The number of piperidine rings is 1. The first-order valence-electron chi connectivity index (χ1n) is 9.31. The van der Waals surface area contributed by atoms with E-state index in [0.29, 0.717) is 18.6 Å². The number of alkyl carbamates (subject to hydrolysis) is 1. The Morgan fingerprint density at radius 1 is 1.29 bits per heavy atom. The molecule has 2 aliphatic rings. The minimum absolute atomic E-state index is 0.303. The number of hydrogen-bond acceptors (Lipinski definition) is 5. The van der Waals surface area contributed by atoms with Gasteiger partial charge < -0.3 is 24.4 Å². The van der Waals surface area contributed by atoms with Crippen molar-refractivity contribution in [3.63, 3.8) is 0 Å². The third-order valence-electron chi connectivity index (χ3n) is 4.42. The summed E-state index contributed by atoms with van der Waals surface area (Å²) in [6, 6.07) is 0. The van der Waals surface area contributed by atoms with E-state index < -0.39 is 5.60 Å². The molecule has 2 fully saturated rings. The van der Waals surface area contributed by atoms with Crippen molar-refractivity contribution in [2.75, 3.05) is 46.0 Å². The lowest BCUT2D eigenvalue weighted by molar-refractivity contribution is 0.00709. The molecule has 2 rings (SSSR count). The Bertz CT molecular complexity index is 378. The molecule has 0 spiro atoms. The van der Waals surface area contributed by atoms with Gasteiger partial charge in [-0.3, -0.25) is 0 Å². The third kappa shape index (κ3) is 7.81. The highest BCUT2D eigenvalue weighted by Gasteiger charge is 2.22. The maximum atomic E-state index is 11.7. The van der Waals surface area contributed by atoms with Crippen LogP contribution in [-0.4, -0.2) is 68.7 Å². The highest BCUT2D eigenvalue weighted by atomic mass is 16.6. The molecule has 0 saturated carbocycles. The van der Waals surface area contributed by atoms with Gasteiger partial charge in [0, 0.05) is 26.2 Å². The lowest BCUT2D eigenvalue weighted by atomic mass is 9.98. The van der Waals surface area contributed by atoms with E-state index in [1.165, 1.54) is 6.42 Å². The first kappa shape index (κ1) is 19.5. The normalized spacial score (nSPS) is 25.6. The van der Waals surface area contributed by atoms with Gasteiger partial charge in [-0.05, 0) is 58.9 Å². The molecule has 140 valence electrons. The highest BCUT2D eigenvalue weighted by molar-refractivity contribution is 5.67. The fourth-order valence-electron chi connectivity index (χ4n) is 3.25. The molecule has 2 unspecified atom stereocenters. The number of nitrogens with zero attached hydrogens (tertiary/aromatic N) is 1. The zero-order chi connectivity index (χ0) is 17.4. The van der Waals surface area contributed by atoms with Crippen LogP contribution in [0.4, 0.5) is 4.79 Å². The second kappa shape index (κ2) is 9.59. The Morgan fingerprint density at radius 3 is 2.83 bits per heavy atom. The van der Waals surface area contributed by atoms with Crippen LogP contribution in [0.5, 0.6) is 0 Å². The summed E-state index contributed by atoms with van der Waals surface area (Å²) < 4.78 is 16.6. The number of carbonyl (C=O) groups is 1. The maximum absolute atomic E-state index is 11.7. The van der Waals surface area contributed by atoms with Gasteiger partial charge in [0.25, 0.3) is 0 Å². The zero-order valence-electron chi connectivity index (χ0n) is 15.5. The number of nitrogens with one attached hydrogen (secondary N) is 1. The van der Waals surface area contributed by atoms with E-state index in [2.05, 4.69) is 10.2 Å². The Morgan fingerprint density at radius 2 is 2.12 bits per heavy atom. The Labute approximate surface area is 146 Å². The van der Waals surface area contributed by atoms with Gasteiger partial charge in [0.15, 0.2) is 0 Å². The molecule has 6 heteroatoms. The highest BCUT2D eigenvalue weighted by Crippen LogP contribution is 2.16. The van der Waals surface area contributed by atoms with Crippen LogP contribution in [0.2, 0.25) is 0 Å². The van der Waals surface area contributed by atoms with Crippen molar-refractivity contribution >= 4 is 6.09 Å². The molecule has 0 radical (unpaired) electrons. The van der Waals surface area contributed by atoms with Crippen molar-refractivity contribution in [1.29, 1.82) is 0 Å². The van der Waals surface area contributed by atoms with Crippen LogP contribution in [0.25, 0.3) is 0 Å². The monoisotopic (exact) mass is 342 g/mol. The maximum Gasteiger partial charge on any atom is 0.407 e. The number of ether oxygens (including phenoxy) is 3. The van der Waals surface area contributed by atoms with Gasteiger partial charge in [-0.1, -0.05) is 0 Å². The van der Waals surface area contributed by atoms with E-state index in [0.717, 1.165) is 58.7 Å². The molecule has 0 aromatic carbocycles. The van der Waals surface area contributed by atoms with Crippen molar-refractivity contribution in [2.24, 2.45) is 5.92 Å². The lowest BCUT2D eigenvalue weighted by Crippen LogP contribution is -2.43. The first-order chi connectivity index (χ1) is 11.4. The molecule has 6 nitrogen and oxygen atoms in total. The largest absolute Gasteiger partial charge is 0.444 e. The van der Waals surface area contributed by atoms with Gasteiger partial charge in [0.1, 0.15) is 5.60 Å². The molecule has 1 N–H and O–H groups in total. The van der Waals surface area contributed by atoms with Crippen LogP contribution >= 0.6 is 0 Å². The van der Waals surface area contributed by atoms with Crippen molar-refractivity contribution in [1.82, 2.24) is 10.2 Å². The van der Waals surface area contributed by atoms with Crippen molar-refractivity contribution < 1.29 is 19.0 Å². The standard InChI is InChI=1S/C18H34N2O4/c1-18(2,3)24-17(21)19-12-15-6-4-8-20(13-15)9-11-22-14-16-7-5-10-23-16/h15-16H,4-14H2,1-3H3,(H,19,21). The summed E-state index contributed by atoms with van der Waals surface area (Å²) in [4.78, 5) is 14.2. The summed E-state index contributed by atoms with van der Waals surface area (Å²) >= 11 is 0. The molecule has 1 amide bonds. The van der Waals surface area contributed by atoms with Crippen LogP contribution in [0.1, 0.15) is 46.5 Å². The van der Waals surface area contributed by atoms with Gasteiger partial charge >= 0.3 is 6.09 Å². The van der Waals surface area contributed by atoms with Crippen molar-refractivity contribution in [3.05, 3.63) is 0 Å². The third-order valence-corrected chi connectivity index (χ3v) is 4.42. The molecular formula is C18H34N2O4. The van der Waals surface area contributed by atoms with Crippen molar-refractivity contribution in [2.45, 2.75) is 58.2 Å². The summed E-state index contributed by atoms with van der Waals surface area (Å²) in [5.41, 5.74) is -0.441. The van der Waals surface area contributed by atoms with Crippen molar-refractivity contribution in [3.8, 4) is 0 Å². The number of amides is 1. The second-order valence-corrected chi connectivity index (χ2v) is 7.90. The minimum atomic E-state index is -0.441. The molecule has 0 aromatic heterocycles. The molecular weight excluding hydrogens is 308 g/mol. The summed E-state index contributed by atoms with van der Waals surface area (Å²) in [6.07, 6.45) is 4.60. The average Bonchev–Trinajstić information content (AvgIpc) is 3.02. The van der Waals surface area contributed by atoms with Crippen LogP contribution < -0.4 is 5.32 Å². The molecule has 0 aliphatic carbocycles. The number of hydrogen-bond donors (Lipinski definition) is 1. The molecule has 0 aromatic rings. The van der Waals surface area contributed by atoms with E-state index in [1.807, 2.05) is 20.8 Å². The quantitative estimate of drug-likeness (QED) is 0.720. The Kier molecular flexibility index (Phi) is 7.78. The summed E-state index contributed by atoms with van der Waals surface area (Å²) in [6.45, 7) is 11.8. The molecule has 2 atom stereocenters. The molecule has 2 aliphatic heterocycles. The summed E-state index contributed by atoms with van der Waals surface area (Å²) in [7, 11) is 0. The van der Waals surface area contributed by atoms with E-state index in [4.69, 9.17) is 14.2 Å². The van der Waals surface area contributed by atoms with Gasteiger partial charge in [-0.15, -0.1) is 0 Å². The number of carbonyl (C=O) groups excluding carboxylic acids is 1. The van der Waals surface area contributed by atoms with Gasteiger partial charge in [0.2, 0.25) is 0 Å². The summed E-state index contributed by atoms with van der Waals surface area (Å²) in [5.74, 6) is 0.490. The smallest absolute Gasteiger partial charge is 0.407 e. The fraction of sp³-hybridized carbons (Fsp3) is 0.944. The van der Waals surface area contributed by atoms with E-state index in [-0.39, 0.29) is 6.09 Å². The molecule has 0 bridgehead atoms. The Balaban J connectivity index is 1.56. The Hall–Kier alpha value is -0.850. The second-order valence-electron chi connectivity index (χ2n) is 7.90. The van der Waals surface area contributed by atoms with Crippen LogP contribution in [0.3, 0.4) is 0 Å². The zero-order valence-corrected chi connectivity index (χ0v) is 15.5.